The van der Waals surface area contributed by atoms with Gasteiger partial charge in [0.1, 0.15) is 5.76 Å². The van der Waals surface area contributed by atoms with Gasteiger partial charge in [-0.15, -0.1) is 0 Å². The number of sulfone groups is 1. The molecule has 0 spiro atoms. The summed E-state index contributed by atoms with van der Waals surface area (Å²) in [7, 11) is -2.25. The number of ether oxygens (including phenoxy) is 1. The zero-order valence-corrected chi connectivity index (χ0v) is 19.9. The van der Waals surface area contributed by atoms with E-state index in [4.69, 9.17) is 20.8 Å². The lowest BCUT2D eigenvalue weighted by Crippen LogP contribution is -2.32. The van der Waals surface area contributed by atoms with Crippen molar-refractivity contribution in [2.45, 2.75) is 43.4 Å². The largest absolute Gasteiger partial charge is 0.467 e. The molecule has 0 N–H and O–H groups in total. The number of nitrogens with zero attached hydrogens (tertiary/aromatic N) is 3. The van der Waals surface area contributed by atoms with E-state index >= 15 is 0 Å². The van der Waals surface area contributed by atoms with Gasteiger partial charge < -0.3 is 18.6 Å². The Labute approximate surface area is 198 Å². The van der Waals surface area contributed by atoms with Crippen molar-refractivity contribution < 1.29 is 22.4 Å². The average molecular weight is 492 g/mol. The predicted molar refractivity (Wildman–Crippen MR) is 122 cm³/mol. The highest BCUT2D eigenvalue weighted by Crippen LogP contribution is 2.32. The summed E-state index contributed by atoms with van der Waals surface area (Å²) in [5.74, 6) is 0.441. The zero-order valence-electron chi connectivity index (χ0n) is 18.3. The molecule has 1 aromatic carbocycles. The third kappa shape index (κ3) is 5.66. The Morgan fingerprint density at radius 2 is 2.03 bits per heavy atom. The summed E-state index contributed by atoms with van der Waals surface area (Å²) in [4.78, 5) is 18.9. The molecule has 1 fully saturated rings. The van der Waals surface area contributed by atoms with Gasteiger partial charge in [0.2, 0.25) is 20.9 Å². The first-order valence-corrected chi connectivity index (χ1v) is 12.7. The molecule has 1 aliphatic carbocycles. The van der Waals surface area contributed by atoms with E-state index in [-0.39, 0.29) is 35.8 Å². The van der Waals surface area contributed by atoms with Crippen molar-refractivity contribution in [1.29, 1.82) is 0 Å². The first-order valence-electron chi connectivity index (χ1n) is 10.7. The minimum absolute atomic E-state index is 0.0127. The SMILES string of the molecule is COCCn1c(CN(Cc2ccco2)C(=O)C2CC2)cnc1S(=O)(=O)Cc1ccccc1Cl. The third-order valence-corrected chi connectivity index (χ3v) is 7.46. The summed E-state index contributed by atoms with van der Waals surface area (Å²) in [6.07, 6.45) is 4.82. The Morgan fingerprint density at radius 3 is 2.70 bits per heavy atom. The topological polar surface area (TPSA) is 94.6 Å². The Bertz CT molecular complexity index is 1200. The summed E-state index contributed by atoms with van der Waals surface area (Å²) in [5.41, 5.74) is 1.12. The fourth-order valence-corrected chi connectivity index (χ4v) is 5.49. The van der Waals surface area contributed by atoms with Gasteiger partial charge in [-0.2, -0.15) is 0 Å². The van der Waals surface area contributed by atoms with Gasteiger partial charge in [-0.05, 0) is 36.6 Å². The second-order valence-corrected chi connectivity index (χ2v) is 10.4. The lowest BCUT2D eigenvalue weighted by atomic mass is 10.2. The maximum Gasteiger partial charge on any atom is 0.228 e. The van der Waals surface area contributed by atoms with Crippen LogP contribution in [0.2, 0.25) is 5.02 Å². The number of methoxy groups -OCH3 is 1. The van der Waals surface area contributed by atoms with E-state index in [9.17, 15) is 13.2 Å². The number of aromatic nitrogens is 2. The van der Waals surface area contributed by atoms with Crippen LogP contribution in [0.4, 0.5) is 0 Å². The van der Waals surface area contributed by atoms with Crippen molar-refractivity contribution in [2.24, 2.45) is 5.92 Å². The second-order valence-electron chi connectivity index (χ2n) is 8.07. The molecule has 10 heteroatoms. The first kappa shape index (κ1) is 23.5. The van der Waals surface area contributed by atoms with Crippen LogP contribution in [-0.2, 0) is 44.8 Å². The second kappa shape index (κ2) is 10.1. The van der Waals surface area contributed by atoms with Gasteiger partial charge in [-0.1, -0.05) is 29.8 Å². The lowest BCUT2D eigenvalue weighted by Gasteiger charge is -2.23. The predicted octanol–water partition coefficient (Wildman–Crippen LogP) is 3.69. The molecule has 0 atom stereocenters. The van der Waals surface area contributed by atoms with Crippen molar-refractivity contribution in [1.82, 2.24) is 14.5 Å². The number of imidazole rings is 1. The summed E-state index contributed by atoms with van der Waals surface area (Å²) in [6.45, 7) is 1.11. The molecule has 0 aliphatic heterocycles. The Kier molecular flexibility index (Phi) is 7.21. The Balaban J connectivity index is 1.63. The van der Waals surface area contributed by atoms with E-state index in [0.717, 1.165) is 12.8 Å². The molecule has 0 bridgehead atoms. The average Bonchev–Trinajstić information content (AvgIpc) is 3.36. The van der Waals surface area contributed by atoms with Crippen molar-refractivity contribution in [3.8, 4) is 0 Å². The van der Waals surface area contributed by atoms with E-state index in [1.165, 1.54) is 6.20 Å². The number of furan rings is 1. The molecule has 1 amide bonds. The van der Waals surface area contributed by atoms with Crippen LogP contribution in [0.1, 0.15) is 29.9 Å². The van der Waals surface area contributed by atoms with Crippen LogP contribution in [0, 0.1) is 5.92 Å². The molecular formula is C23H26ClN3O5S. The molecule has 0 radical (unpaired) electrons. The number of halogens is 1. The van der Waals surface area contributed by atoms with E-state index < -0.39 is 9.84 Å². The quantitative estimate of drug-likeness (QED) is 0.406. The number of carbonyl (C=O) groups is 1. The molecule has 0 saturated heterocycles. The summed E-state index contributed by atoms with van der Waals surface area (Å²) >= 11 is 6.19. The van der Waals surface area contributed by atoms with Crippen LogP contribution in [0.3, 0.4) is 0 Å². The van der Waals surface area contributed by atoms with Crippen LogP contribution in [0.15, 0.2) is 58.4 Å². The summed E-state index contributed by atoms with van der Waals surface area (Å²) in [5, 5.41) is 0.322. The first-order chi connectivity index (χ1) is 15.9. The minimum atomic E-state index is -3.80. The molecule has 4 rings (SSSR count). The van der Waals surface area contributed by atoms with Gasteiger partial charge in [0.15, 0.2) is 0 Å². The lowest BCUT2D eigenvalue weighted by molar-refractivity contribution is -0.134. The number of hydrogen-bond acceptors (Lipinski definition) is 6. The van der Waals surface area contributed by atoms with Crippen LogP contribution < -0.4 is 0 Å². The van der Waals surface area contributed by atoms with E-state index in [2.05, 4.69) is 4.98 Å². The molecule has 1 aliphatic rings. The molecule has 3 aromatic rings. The summed E-state index contributed by atoms with van der Waals surface area (Å²) < 4.78 is 38.8. The number of hydrogen-bond donors (Lipinski definition) is 0. The molecule has 176 valence electrons. The number of amides is 1. The van der Waals surface area contributed by atoms with Crippen LogP contribution in [0.5, 0.6) is 0 Å². The number of rotatable bonds is 11. The molecule has 0 unspecified atom stereocenters. The van der Waals surface area contributed by atoms with Crippen molar-refractivity contribution in [3.63, 3.8) is 0 Å². The standard InChI is InChI=1S/C23H26ClN3O5S/c1-31-12-10-27-19(14-26(22(28)17-8-9-17)15-20-6-4-11-32-20)13-25-23(27)33(29,30)16-18-5-2-3-7-21(18)24/h2-7,11,13,17H,8-10,12,14-16H2,1H3. The van der Waals surface area contributed by atoms with Crippen LogP contribution >= 0.6 is 11.6 Å². The molecule has 33 heavy (non-hydrogen) atoms. The molecule has 2 aromatic heterocycles. The van der Waals surface area contributed by atoms with Gasteiger partial charge in [0, 0.05) is 24.6 Å². The van der Waals surface area contributed by atoms with E-state index in [1.807, 2.05) is 6.07 Å². The fourth-order valence-electron chi connectivity index (χ4n) is 3.66. The highest BCUT2D eigenvalue weighted by atomic mass is 35.5. The van der Waals surface area contributed by atoms with Crippen LogP contribution in [-0.4, -0.2) is 42.5 Å². The Hall–Kier alpha value is -2.62. The fraction of sp³-hybridized carbons (Fsp3) is 0.391. The number of benzene rings is 1. The van der Waals surface area contributed by atoms with E-state index in [1.54, 1.807) is 53.2 Å². The van der Waals surface area contributed by atoms with Crippen molar-refractivity contribution >= 4 is 27.3 Å². The zero-order chi connectivity index (χ0) is 23.4. The van der Waals surface area contributed by atoms with Gasteiger partial charge in [0.05, 0.1) is 43.6 Å². The highest BCUT2D eigenvalue weighted by Gasteiger charge is 2.34. The third-order valence-electron chi connectivity index (χ3n) is 5.52. The van der Waals surface area contributed by atoms with Gasteiger partial charge in [-0.3, -0.25) is 4.79 Å². The number of carbonyl (C=O) groups excluding carboxylic acids is 1. The van der Waals surface area contributed by atoms with Gasteiger partial charge in [0.25, 0.3) is 0 Å². The highest BCUT2D eigenvalue weighted by molar-refractivity contribution is 7.90. The van der Waals surface area contributed by atoms with Crippen LogP contribution in [0.25, 0.3) is 0 Å². The maximum atomic E-state index is 13.3. The Morgan fingerprint density at radius 1 is 1.24 bits per heavy atom. The van der Waals surface area contributed by atoms with Gasteiger partial charge >= 0.3 is 0 Å². The molecule has 8 nitrogen and oxygen atoms in total. The normalized spacial score (nSPS) is 13.9. The maximum absolute atomic E-state index is 13.3. The molecule has 1 saturated carbocycles. The molecule has 2 heterocycles. The minimum Gasteiger partial charge on any atom is -0.467 e. The van der Waals surface area contributed by atoms with Crippen molar-refractivity contribution in [2.75, 3.05) is 13.7 Å². The van der Waals surface area contributed by atoms with Gasteiger partial charge in [-0.25, -0.2) is 13.4 Å². The monoisotopic (exact) mass is 491 g/mol. The molecular weight excluding hydrogens is 466 g/mol. The summed E-state index contributed by atoms with van der Waals surface area (Å²) in [6, 6.07) is 10.4. The van der Waals surface area contributed by atoms with E-state index in [0.29, 0.717) is 35.2 Å². The van der Waals surface area contributed by atoms with Crippen molar-refractivity contribution in [3.05, 3.63) is 70.9 Å². The smallest absolute Gasteiger partial charge is 0.228 e.